The first-order chi connectivity index (χ1) is 14.0. The lowest BCUT2D eigenvalue weighted by Gasteiger charge is -2.17. The third-order valence-electron chi connectivity index (χ3n) is 4.32. The fraction of sp³-hybridized carbons (Fsp3) is 0.636. The van der Waals surface area contributed by atoms with Crippen molar-refractivity contribution in [1.82, 2.24) is 0 Å². The molecule has 1 aromatic carbocycles. The third kappa shape index (κ3) is 13.5. The summed E-state index contributed by atoms with van der Waals surface area (Å²) in [6, 6.07) is 7.86. The number of hydrogen-bond acceptors (Lipinski definition) is 5. The third-order valence-corrected chi connectivity index (χ3v) is 7.16. The van der Waals surface area contributed by atoms with E-state index in [4.69, 9.17) is 14.9 Å². The Hall–Kier alpha value is -1.34. The van der Waals surface area contributed by atoms with Crippen molar-refractivity contribution < 1.29 is 24.5 Å². The minimum atomic E-state index is -0.821. The maximum atomic E-state index is 10.8. The van der Waals surface area contributed by atoms with Gasteiger partial charge in [0.25, 0.3) is 0 Å². The molecule has 7 heteroatoms. The molecule has 0 aliphatic rings. The molecule has 0 radical (unpaired) electrons. The van der Waals surface area contributed by atoms with E-state index >= 15 is 0 Å². The van der Waals surface area contributed by atoms with Crippen LogP contribution in [0.5, 0.6) is 5.75 Å². The Morgan fingerprint density at radius 3 is 2.10 bits per heavy atom. The standard InChI is InChI=1S/C22H34O5S2/c1-2-3-4-5-6-7-8-14-27-19-11-9-10-18(17-19)22(28-15-12-20(23)24)29-16-13-21(25)26/h9-11,17,22H,2-8,12-16H2,1H3,(H,23,24)(H,25,26). The van der Waals surface area contributed by atoms with Gasteiger partial charge >= 0.3 is 11.9 Å². The molecule has 0 aromatic heterocycles. The Labute approximate surface area is 183 Å². The van der Waals surface area contributed by atoms with Gasteiger partial charge in [0.15, 0.2) is 0 Å². The van der Waals surface area contributed by atoms with Gasteiger partial charge in [0.2, 0.25) is 0 Å². The summed E-state index contributed by atoms with van der Waals surface area (Å²) >= 11 is 3.08. The largest absolute Gasteiger partial charge is 0.494 e. The SMILES string of the molecule is CCCCCCCCCOc1cccc(C(SCCC(=O)O)SCCC(=O)O)c1. The predicted molar refractivity (Wildman–Crippen MR) is 122 cm³/mol. The van der Waals surface area contributed by atoms with Crippen LogP contribution >= 0.6 is 23.5 Å². The number of rotatable bonds is 18. The summed E-state index contributed by atoms with van der Waals surface area (Å²) in [6.07, 6.45) is 8.87. The van der Waals surface area contributed by atoms with Gasteiger partial charge in [-0.1, -0.05) is 57.6 Å². The molecular weight excluding hydrogens is 408 g/mol. The summed E-state index contributed by atoms with van der Waals surface area (Å²) in [5.74, 6) is 0.153. The van der Waals surface area contributed by atoms with Gasteiger partial charge in [0.1, 0.15) is 5.75 Å². The van der Waals surface area contributed by atoms with E-state index in [0.717, 1.165) is 17.7 Å². The smallest absolute Gasteiger partial charge is 0.304 e. The van der Waals surface area contributed by atoms with E-state index in [-0.39, 0.29) is 17.4 Å². The maximum Gasteiger partial charge on any atom is 0.304 e. The van der Waals surface area contributed by atoms with Crippen LogP contribution in [0.2, 0.25) is 0 Å². The fourth-order valence-electron chi connectivity index (χ4n) is 2.75. The number of aliphatic carboxylic acids is 2. The Balaban J connectivity index is 2.49. The van der Waals surface area contributed by atoms with E-state index in [1.165, 1.54) is 62.0 Å². The highest BCUT2D eigenvalue weighted by atomic mass is 32.2. The molecule has 0 fully saturated rings. The second-order valence-electron chi connectivity index (χ2n) is 6.90. The fourth-order valence-corrected chi connectivity index (χ4v) is 5.40. The number of carboxylic acid groups (broad SMARTS) is 2. The van der Waals surface area contributed by atoms with Crippen LogP contribution in [0.3, 0.4) is 0 Å². The maximum absolute atomic E-state index is 10.8. The van der Waals surface area contributed by atoms with Crippen LogP contribution in [0.25, 0.3) is 0 Å². The van der Waals surface area contributed by atoms with Crippen molar-refractivity contribution in [2.24, 2.45) is 0 Å². The number of ether oxygens (including phenoxy) is 1. The lowest BCUT2D eigenvalue weighted by atomic mass is 10.1. The summed E-state index contributed by atoms with van der Waals surface area (Å²) in [7, 11) is 0. The average molecular weight is 443 g/mol. The van der Waals surface area contributed by atoms with Gasteiger partial charge in [-0.2, -0.15) is 0 Å². The molecule has 164 valence electrons. The van der Waals surface area contributed by atoms with Crippen molar-refractivity contribution in [3.8, 4) is 5.75 Å². The predicted octanol–water partition coefficient (Wildman–Crippen LogP) is 6.23. The van der Waals surface area contributed by atoms with E-state index in [0.29, 0.717) is 18.1 Å². The molecule has 0 saturated carbocycles. The normalized spacial score (nSPS) is 11.0. The minimum absolute atomic E-state index is 0.00387. The number of unbranched alkanes of at least 4 members (excludes halogenated alkanes) is 6. The molecule has 0 spiro atoms. The Bertz CT molecular complexity index is 574. The number of carboxylic acids is 2. The van der Waals surface area contributed by atoms with E-state index in [1.54, 1.807) is 0 Å². The Morgan fingerprint density at radius 1 is 0.931 bits per heavy atom. The summed E-state index contributed by atoms with van der Waals surface area (Å²) in [6.45, 7) is 2.92. The first-order valence-electron chi connectivity index (χ1n) is 10.4. The highest BCUT2D eigenvalue weighted by Gasteiger charge is 2.15. The van der Waals surface area contributed by atoms with Crippen LogP contribution in [-0.2, 0) is 9.59 Å². The van der Waals surface area contributed by atoms with Crippen LogP contribution in [0, 0.1) is 0 Å². The van der Waals surface area contributed by atoms with Crippen LogP contribution < -0.4 is 4.74 Å². The lowest BCUT2D eigenvalue weighted by Crippen LogP contribution is -2.02. The van der Waals surface area contributed by atoms with E-state index in [1.807, 2.05) is 24.3 Å². The van der Waals surface area contributed by atoms with Crippen molar-refractivity contribution >= 4 is 35.5 Å². The number of benzene rings is 1. The summed E-state index contributed by atoms with van der Waals surface area (Å²) in [5.41, 5.74) is 1.04. The van der Waals surface area contributed by atoms with Gasteiger partial charge in [-0.25, -0.2) is 0 Å². The molecule has 2 N–H and O–H groups in total. The molecule has 0 aliphatic carbocycles. The molecular formula is C22H34O5S2. The molecule has 0 aliphatic heterocycles. The van der Waals surface area contributed by atoms with Gasteiger partial charge in [0, 0.05) is 11.5 Å². The van der Waals surface area contributed by atoms with Gasteiger partial charge in [-0.3, -0.25) is 9.59 Å². The molecule has 0 bridgehead atoms. The summed E-state index contributed by atoms with van der Waals surface area (Å²) in [4.78, 5) is 21.6. The minimum Gasteiger partial charge on any atom is -0.494 e. The lowest BCUT2D eigenvalue weighted by molar-refractivity contribution is -0.137. The van der Waals surface area contributed by atoms with Crippen molar-refractivity contribution in [2.45, 2.75) is 69.3 Å². The molecule has 5 nitrogen and oxygen atoms in total. The number of thioether (sulfide) groups is 2. The molecule has 0 amide bonds. The molecule has 1 rings (SSSR count). The Kier molecular flexibility index (Phi) is 14.6. The van der Waals surface area contributed by atoms with Gasteiger partial charge < -0.3 is 14.9 Å². The van der Waals surface area contributed by atoms with Gasteiger partial charge in [-0.05, 0) is 24.1 Å². The van der Waals surface area contributed by atoms with Crippen LogP contribution in [0.4, 0.5) is 0 Å². The quantitative estimate of drug-likeness (QED) is 0.206. The molecule has 0 unspecified atom stereocenters. The van der Waals surface area contributed by atoms with Crippen LogP contribution in [0.15, 0.2) is 24.3 Å². The zero-order valence-electron chi connectivity index (χ0n) is 17.3. The van der Waals surface area contributed by atoms with Gasteiger partial charge in [0.05, 0.1) is 24.0 Å². The first kappa shape index (κ1) is 25.7. The van der Waals surface area contributed by atoms with Gasteiger partial charge in [-0.15, -0.1) is 23.5 Å². The van der Waals surface area contributed by atoms with E-state index in [2.05, 4.69) is 6.92 Å². The molecule has 0 saturated heterocycles. The number of carbonyl (C=O) groups is 2. The summed E-state index contributed by atoms with van der Waals surface area (Å²) < 4.78 is 5.90. The second-order valence-corrected chi connectivity index (χ2v) is 9.63. The number of hydrogen-bond donors (Lipinski definition) is 2. The average Bonchev–Trinajstić information content (AvgIpc) is 2.68. The van der Waals surface area contributed by atoms with Crippen molar-refractivity contribution in [2.75, 3.05) is 18.1 Å². The summed E-state index contributed by atoms with van der Waals surface area (Å²) in [5, 5.41) is 17.7. The Morgan fingerprint density at radius 2 is 1.52 bits per heavy atom. The van der Waals surface area contributed by atoms with Crippen molar-refractivity contribution in [3.63, 3.8) is 0 Å². The first-order valence-corrected chi connectivity index (χ1v) is 12.5. The highest BCUT2D eigenvalue weighted by molar-refractivity contribution is 8.16. The van der Waals surface area contributed by atoms with Crippen LogP contribution in [-0.4, -0.2) is 40.3 Å². The topological polar surface area (TPSA) is 83.8 Å². The molecule has 29 heavy (non-hydrogen) atoms. The van der Waals surface area contributed by atoms with Crippen molar-refractivity contribution in [1.29, 1.82) is 0 Å². The van der Waals surface area contributed by atoms with Crippen molar-refractivity contribution in [3.05, 3.63) is 29.8 Å². The second kappa shape index (κ2) is 16.5. The molecule has 0 heterocycles. The van der Waals surface area contributed by atoms with E-state index < -0.39 is 11.9 Å². The molecule has 0 atom stereocenters. The van der Waals surface area contributed by atoms with Crippen LogP contribution in [0.1, 0.15) is 74.9 Å². The monoisotopic (exact) mass is 442 g/mol. The van der Waals surface area contributed by atoms with E-state index in [9.17, 15) is 9.59 Å². The highest BCUT2D eigenvalue weighted by Crippen LogP contribution is 2.41. The zero-order valence-corrected chi connectivity index (χ0v) is 18.9. The zero-order chi connectivity index (χ0) is 21.3. The molecule has 1 aromatic rings.